The van der Waals surface area contributed by atoms with Gasteiger partial charge in [-0.05, 0) is 37.4 Å². The molecule has 4 aromatic rings. The highest BCUT2D eigenvalue weighted by Gasteiger charge is 2.22. The lowest BCUT2D eigenvalue weighted by atomic mass is 10.1. The maximum atomic E-state index is 13.0. The Hall–Kier alpha value is -3.76. The van der Waals surface area contributed by atoms with Crippen LogP contribution in [0.3, 0.4) is 0 Å². The maximum Gasteiger partial charge on any atom is 0.170 e. The molecule has 0 spiro atoms. The number of Topliss-reactive ketones (excluding diaryl/α,β-unsaturated/α-hetero) is 1. The van der Waals surface area contributed by atoms with Crippen LogP contribution in [0.25, 0.3) is 22.2 Å². The molecule has 1 saturated heterocycles. The van der Waals surface area contributed by atoms with E-state index in [1.165, 1.54) is 0 Å². The minimum atomic E-state index is -0.358. The van der Waals surface area contributed by atoms with Gasteiger partial charge in [-0.1, -0.05) is 0 Å². The Morgan fingerprint density at radius 3 is 2.63 bits per heavy atom. The zero-order valence-corrected chi connectivity index (χ0v) is 21.6. The molecular formula is C28H31FN8O. The topological polar surface area (TPSA) is 83.3 Å². The first-order valence-corrected chi connectivity index (χ1v) is 13.1. The highest BCUT2D eigenvalue weighted by Crippen LogP contribution is 2.27. The first-order chi connectivity index (χ1) is 18.6. The molecule has 196 valence electrons. The molecule has 9 nitrogen and oxygen atoms in total. The highest BCUT2D eigenvalue weighted by atomic mass is 19.1. The monoisotopic (exact) mass is 514 g/mol. The van der Waals surface area contributed by atoms with E-state index in [0.29, 0.717) is 24.3 Å². The summed E-state index contributed by atoms with van der Waals surface area (Å²) < 4.78 is 14.9. The zero-order valence-electron chi connectivity index (χ0n) is 21.6. The Balaban J connectivity index is 1.19. The average molecular weight is 515 g/mol. The van der Waals surface area contributed by atoms with Crippen molar-refractivity contribution in [1.29, 1.82) is 0 Å². The van der Waals surface area contributed by atoms with Gasteiger partial charge in [0.05, 0.1) is 41.8 Å². The van der Waals surface area contributed by atoms with Crippen LogP contribution in [-0.4, -0.2) is 93.3 Å². The van der Waals surface area contributed by atoms with Crippen molar-refractivity contribution in [3.8, 4) is 11.3 Å². The van der Waals surface area contributed by atoms with Crippen LogP contribution in [0.5, 0.6) is 0 Å². The van der Waals surface area contributed by atoms with Crippen LogP contribution >= 0.6 is 0 Å². The summed E-state index contributed by atoms with van der Waals surface area (Å²) in [5.41, 5.74) is 4.84. The molecule has 4 aromatic heterocycles. The number of hydrogen-bond acceptors (Lipinski definition) is 8. The van der Waals surface area contributed by atoms with E-state index in [4.69, 9.17) is 4.98 Å². The summed E-state index contributed by atoms with van der Waals surface area (Å²) in [6, 6.07) is 9.63. The summed E-state index contributed by atoms with van der Waals surface area (Å²) in [7, 11) is 2.12. The lowest BCUT2D eigenvalue weighted by molar-refractivity contribution is 0.0991. The van der Waals surface area contributed by atoms with Gasteiger partial charge in [-0.25, -0.2) is 14.4 Å². The molecule has 0 amide bonds. The summed E-state index contributed by atoms with van der Waals surface area (Å²) in [5, 5.41) is 5.43. The number of ketones is 1. The molecule has 38 heavy (non-hydrogen) atoms. The number of fused-ring (bicyclic) bond motifs is 2. The van der Waals surface area contributed by atoms with Crippen molar-refractivity contribution in [2.45, 2.75) is 19.5 Å². The third-order valence-electron chi connectivity index (χ3n) is 7.50. The van der Waals surface area contributed by atoms with Gasteiger partial charge in [0.2, 0.25) is 0 Å². The number of alkyl halides is 1. The van der Waals surface area contributed by atoms with Crippen LogP contribution in [0.2, 0.25) is 0 Å². The van der Waals surface area contributed by atoms with E-state index in [0.717, 1.165) is 72.9 Å². The first-order valence-electron chi connectivity index (χ1n) is 13.1. The predicted octanol–water partition coefficient (Wildman–Crippen LogP) is 2.85. The molecule has 2 aliphatic heterocycles. The second-order valence-corrected chi connectivity index (χ2v) is 10.1. The van der Waals surface area contributed by atoms with Crippen molar-refractivity contribution in [2.75, 3.05) is 57.9 Å². The van der Waals surface area contributed by atoms with Crippen molar-refractivity contribution in [1.82, 2.24) is 34.5 Å². The molecule has 10 heteroatoms. The number of likely N-dealkylation sites (N-methyl/N-ethyl adjacent to an activating group) is 1. The Morgan fingerprint density at radius 2 is 1.84 bits per heavy atom. The lowest BCUT2D eigenvalue weighted by Crippen LogP contribution is -2.44. The van der Waals surface area contributed by atoms with E-state index >= 15 is 0 Å². The highest BCUT2D eigenvalue weighted by molar-refractivity contribution is 5.97. The fraction of sp³-hybridized carbons (Fsp3) is 0.393. The smallest absolute Gasteiger partial charge is 0.170 e. The number of piperazine rings is 1. The number of hydrogen-bond donors (Lipinski definition) is 0. The lowest BCUT2D eigenvalue weighted by Gasteiger charge is -2.33. The molecule has 0 atom stereocenters. The fourth-order valence-corrected chi connectivity index (χ4v) is 5.17. The molecule has 2 aliphatic rings. The van der Waals surface area contributed by atoms with Gasteiger partial charge in [0.15, 0.2) is 5.78 Å². The van der Waals surface area contributed by atoms with Crippen molar-refractivity contribution in [3.63, 3.8) is 0 Å². The molecular weight excluding hydrogens is 483 g/mol. The Bertz CT molecular complexity index is 1450. The van der Waals surface area contributed by atoms with E-state index in [9.17, 15) is 9.18 Å². The second kappa shape index (κ2) is 10.5. The molecule has 0 bridgehead atoms. The molecule has 6 heterocycles. The number of halogens is 1. The summed E-state index contributed by atoms with van der Waals surface area (Å²) in [5.74, 6) is 0.884. The van der Waals surface area contributed by atoms with Crippen molar-refractivity contribution in [2.24, 2.45) is 0 Å². The molecule has 0 unspecified atom stereocenters. The van der Waals surface area contributed by atoms with Gasteiger partial charge in [0, 0.05) is 74.7 Å². The van der Waals surface area contributed by atoms with Gasteiger partial charge < -0.3 is 9.80 Å². The minimum Gasteiger partial charge on any atom is -0.354 e. The van der Waals surface area contributed by atoms with Crippen LogP contribution in [-0.2, 0) is 19.5 Å². The van der Waals surface area contributed by atoms with Gasteiger partial charge in [-0.3, -0.25) is 19.4 Å². The molecule has 0 N–H and O–H groups in total. The van der Waals surface area contributed by atoms with Crippen LogP contribution in [0.1, 0.15) is 21.7 Å². The van der Waals surface area contributed by atoms with E-state index in [-0.39, 0.29) is 18.9 Å². The maximum absolute atomic E-state index is 13.0. The number of rotatable bonds is 7. The largest absolute Gasteiger partial charge is 0.354 e. The number of carbonyl (C=O) groups is 1. The van der Waals surface area contributed by atoms with Crippen LogP contribution in [0.4, 0.5) is 10.2 Å². The number of carbonyl (C=O) groups excluding carboxylic acids is 1. The summed E-state index contributed by atoms with van der Waals surface area (Å²) in [6.07, 6.45) is 5.45. The third-order valence-corrected chi connectivity index (χ3v) is 7.50. The third kappa shape index (κ3) is 5.01. The zero-order chi connectivity index (χ0) is 26.1. The van der Waals surface area contributed by atoms with Gasteiger partial charge in [-0.2, -0.15) is 5.10 Å². The Kier molecular flexibility index (Phi) is 6.82. The van der Waals surface area contributed by atoms with Gasteiger partial charge >= 0.3 is 0 Å². The number of pyridine rings is 3. The molecule has 0 saturated carbocycles. The SMILES string of the molecule is CN1CCN(c2ccc(C(=O)Cc3cc4nc(-c5cnn6c5CN(CCF)CC6)ccc4cn3)cn2)CC1. The molecule has 0 aliphatic carbocycles. The number of aromatic nitrogens is 5. The summed E-state index contributed by atoms with van der Waals surface area (Å²) >= 11 is 0. The summed E-state index contributed by atoms with van der Waals surface area (Å²) in [6.45, 7) is 6.13. The quantitative estimate of drug-likeness (QED) is 0.348. The predicted molar refractivity (Wildman–Crippen MR) is 144 cm³/mol. The Morgan fingerprint density at radius 1 is 0.974 bits per heavy atom. The van der Waals surface area contributed by atoms with Gasteiger partial charge in [0.1, 0.15) is 12.5 Å². The van der Waals surface area contributed by atoms with E-state index in [1.807, 2.05) is 41.2 Å². The Labute approximate surface area is 220 Å². The minimum absolute atomic E-state index is 0.0240. The van der Waals surface area contributed by atoms with Crippen molar-refractivity contribution in [3.05, 3.63) is 65.9 Å². The molecule has 0 radical (unpaired) electrons. The molecule has 1 fully saturated rings. The van der Waals surface area contributed by atoms with E-state index in [1.54, 1.807) is 12.4 Å². The summed E-state index contributed by atoms with van der Waals surface area (Å²) in [4.78, 5) is 33.6. The first kappa shape index (κ1) is 24.6. The van der Waals surface area contributed by atoms with Gasteiger partial charge in [0.25, 0.3) is 0 Å². The van der Waals surface area contributed by atoms with Crippen molar-refractivity contribution >= 4 is 22.5 Å². The average Bonchev–Trinajstić information content (AvgIpc) is 3.37. The standard InChI is InChI=1S/C28H31FN8O/c1-34-8-11-36(12-9-34)28-5-3-21(17-31-28)27(38)15-22-14-25-20(16-30-22)2-4-24(33-25)23-18-32-37-13-10-35(7-6-29)19-26(23)37/h2-5,14,16-18H,6-13,15,19H2,1H3. The normalized spacial score (nSPS) is 16.6. The second-order valence-electron chi connectivity index (χ2n) is 10.1. The van der Waals surface area contributed by atoms with Crippen LogP contribution in [0.15, 0.2) is 48.9 Å². The van der Waals surface area contributed by atoms with Crippen LogP contribution in [0, 0.1) is 0 Å². The molecule has 6 rings (SSSR count). The van der Waals surface area contributed by atoms with E-state index < -0.39 is 0 Å². The van der Waals surface area contributed by atoms with Gasteiger partial charge in [-0.15, -0.1) is 0 Å². The fourth-order valence-electron chi connectivity index (χ4n) is 5.17. The van der Waals surface area contributed by atoms with E-state index in [2.05, 4.69) is 36.8 Å². The number of nitrogens with zero attached hydrogens (tertiary/aromatic N) is 8. The van der Waals surface area contributed by atoms with Crippen molar-refractivity contribution < 1.29 is 9.18 Å². The molecule has 0 aromatic carbocycles. The van der Waals surface area contributed by atoms with Crippen LogP contribution < -0.4 is 4.90 Å². The number of anilines is 1.